The third-order valence-corrected chi connectivity index (χ3v) is 3.32. The largest absolute Gasteiger partial charge is 0.497 e. The van der Waals surface area contributed by atoms with Gasteiger partial charge in [0.2, 0.25) is 0 Å². The lowest BCUT2D eigenvalue weighted by Gasteiger charge is -2.17. The first-order valence-electron chi connectivity index (χ1n) is 6.80. The Hall–Kier alpha value is -1.84. The summed E-state index contributed by atoms with van der Waals surface area (Å²) in [7, 11) is 3.81. The molecule has 0 radical (unpaired) electrons. The van der Waals surface area contributed by atoms with Crippen LogP contribution in [0.5, 0.6) is 5.75 Å². The predicted octanol–water partition coefficient (Wildman–Crippen LogP) is 2.79. The van der Waals surface area contributed by atoms with Crippen LogP contribution in [0.4, 0.5) is 0 Å². The van der Waals surface area contributed by atoms with Gasteiger partial charge in [-0.25, -0.2) is 0 Å². The summed E-state index contributed by atoms with van der Waals surface area (Å²) < 4.78 is 5.17. The third-order valence-electron chi connectivity index (χ3n) is 3.32. The van der Waals surface area contributed by atoms with Crippen molar-refractivity contribution in [1.82, 2.24) is 4.90 Å². The van der Waals surface area contributed by atoms with Crippen LogP contribution < -0.4 is 10.5 Å². The maximum Gasteiger partial charge on any atom is 0.118 e. The zero-order chi connectivity index (χ0) is 14.4. The van der Waals surface area contributed by atoms with E-state index >= 15 is 0 Å². The molecular weight excluding hydrogens is 248 g/mol. The van der Waals surface area contributed by atoms with E-state index < -0.39 is 0 Å². The highest BCUT2D eigenvalue weighted by Gasteiger charge is 2.02. The van der Waals surface area contributed by atoms with E-state index in [0.717, 1.165) is 18.8 Å². The van der Waals surface area contributed by atoms with Gasteiger partial charge in [0.15, 0.2) is 0 Å². The van der Waals surface area contributed by atoms with E-state index in [9.17, 15) is 0 Å². The molecule has 2 aromatic carbocycles. The number of ether oxygens (including phenoxy) is 1. The quantitative estimate of drug-likeness (QED) is 0.877. The van der Waals surface area contributed by atoms with Crippen molar-refractivity contribution in [2.75, 3.05) is 14.2 Å². The van der Waals surface area contributed by atoms with Gasteiger partial charge in [-0.05, 0) is 35.9 Å². The molecule has 0 spiro atoms. The van der Waals surface area contributed by atoms with Gasteiger partial charge in [-0.2, -0.15) is 0 Å². The SMILES string of the molecule is COc1ccc(CN(C)Cc2ccc(CN)cc2)cc1. The lowest BCUT2D eigenvalue weighted by molar-refractivity contribution is 0.319. The average molecular weight is 270 g/mol. The van der Waals surface area contributed by atoms with Crippen LogP contribution in [-0.4, -0.2) is 19.1 Å². The van der Waals surface area contributed by atoms with Crippen LogP contribution in [0.15, 0.2) is 48.5 Å². The van der Waals surface area contributed by atoms with Crippen molar-refractivity contribution in [3.05, 3.63) is 65.2 Å². The molecule has 0 heterocycles. The number of rotatable bonds is 6. The first-order chi connectivity index (χ1) is 9.71. The number of nitrogens with zero attached hydrogens (tertiary/aromatic N) is 1. The Morgan fingerprint density at radius 2 is 1.30 bits per heavy atom. The topological polar surface area (TPSA) is 38.5 Å². The summed E-state index contributed by atoms with van der Waals surface area (Å²) >= 11 is 0. The fourth-order valence-corrected chi connectivity index (χ4v) is 2.19. The maximum absolute atomic E-state index is 5.61. The van der Waals surface area contributed by atoms with E-state index in [-0.39, 0.29) is 0 Å². The molecule has 106 valence electrons. The molecular formula is C17H22N2O. The molecule has 3 nitrogen and oxygen atoms in total. The summed E-state index contributed by atoms with van der Waals surface area (Å²) in [6.07, 6.45) is 0. The molecule has 2 rings (SSSR count). The minimum Gasteiger partial charge on any atom is -0.497 e. The van der Waals surface area contributed by atoms with Crippen molar-refractivity contribution in [2.45, 2.75) is 19.6 Å². The molecule has 20 heavy (non-hydrogen) atoms. The molecule has 0 saturated heterocycles. The normalized spacial score (nSPS) is 10.8. The Bertz CT molecular complexity index is 470. The summed E-state index contributed by atoms with van der Waals surface area (Å²) in [5, 5.41) is 0. The molecule has 0 aliphatic rings. The molecule has 0 aliphatic heterocycles. The zero-order valence-corrected chi connectivity index (χ0v) is 12.2. The Kier molecular flexibility index (Phi) is 5.16. The Labute approximate surface area is 121 Å². The molecule has 2 N–H and O–H groups in total. The number of hydrogen-bond donors (Lipinski definition) is 1. The zero-order valence-electron chi connectivity index (χ0n) is 12.2. The molecule has 0 aromatic heterocycles. The van der Waals surface area contributed by atoms with Crippen LogP contribution in [0.3, 0.4) is 0 Å². The van der Waals surface area contributed by atoms with E-state index in [4.69, 9.17) is 10.5 Å². The fraction of sp³-hybridized carbons (Fsp3) is 0.294. The monoisotopic (exact) mass is 270 g/mol. The van der Waals surface area contributed by atoms with E-state index in [1.165, 1.54) is 16.7 Å². The van der Waals surface area contributed by atoms with Crippen molar-refractivity contribution in [2.24, 2.45) is 5.73 Å². The van der Waals surface area contributed by atoms with Gasteiger partial charge in [-0.1, -0.05) is 36.4 Å². The maximum atomic E-state index is 5.61. The van der Waals surface area contributed by atoms with Crippen LogP contribution in [0, 0.1) is 0 Å². The second-order valence-electron chi connectivity index (χ2n) is 5.04. The van der Waals surface area contributed by atoms with Crippen molar-refractivity contribution in [3.8, 4) is 5.75 Å². The molecule has 0 atom stereocenters. The predicted molar refractivity (Wildman–Crippen MR) is 82.5 cm³/mol. The first kappa shape index (κ1) is 14.6. The average Bonchev–Trinajstić information content (AvgIpc) is 2.49. The second-order valence-corrected chi connectivity index (χ2v) is 5.04. The van der Waals surface area contributed by atoms with Gasteiger partial charge in [0, 0.05) is 19.6 Å². The van der Waals surface area contributed by atoms with E-state index in [1.54, 1.807) is 7.11 Å². The fourth-order valence-electron chi connectivity index (χ4n) is 2.19. The van der Waals surface area contributed by atoms with Crippen molar-refractivity contribution in [1.29, 1.82) is 0 Å². The van der Waals surface area contributed by atoms with Crippen LogP contribution >= 0.6 is 0 Å². The lowest BCUT2D eigenvalue weighted by Crippen LogP contribution is -2.17. The second kappa shape index (κ2) is 7.08. The molecule has 3 heteroatoms. The molecule has 0 aliphatic carbocycles. The minimum absolute atomic E-state index is 0.599. The van der Waals surface area contributed by atoms with Crippen molar-refractivity contribution < 1.29 is 4.74 Å². The van der Waals surface area contributed by atoms with Crippen LogP contribution in [0.1, 0.15) is 16.7 Å². The Balaban J connectivity index is 1.91. The summed E-state index contributed by atoms with van der Waals surface area (Å²) in [6.45, 7) is 2.45. The highest BCUT2D eigenvalue weighted by Crippen LogP contribution is 2.14. The van der Waals surface area contributed by atoms with Crippen molar-refractivity contribution in [3.63, 3.8) is 0 Å². The Morgan fingerprint density at radius 3 is 1.75 bits per heavy atom. The molecule has 2 aromatic rings. The highest BCUT2D eigenvalue weighted by atomic mass is 16.5. The van der Waals surface area contributed by atoms with E-state index in [1.807, 2.05) is 12.1 Å². The van der Waals surface area contributed by atoms with Crippen LogP contribution in [-0.2, 0) is 19.6 Å². The summed E-state index contributed by atoms with van der Waals surface area (Å²) in [5.41, 5.74) is 9.37. The van der Waals surface area contributed by atoms with Gasteiger partial charge in [0.05, 0.1) is 7.11 Å². The smallest absolute Gasteiger partial charge is 0.118 e. The third kappa shape index (κ3) is 4.08. The molecule has 0 amide bonds. The van der Waals surface area contributed by atoms with Gasteiger partial charge in [-0.3, -0.25) is 4.90 Å². The number of nitrogens with two attached hydrogens (primary N) is 1. The first-order valence-corrected chi connectivity index (χ1v) is 6.80. The van der Waals surface area contributed by atoms with Gasteiger partial charge in [-0.15, -0.1) is 0 Å². The van der Waals surface area contributed by atoms with Gasteiger partial charge in [0.25, 0.3) is 0 Å². The van der Waals surface area contributed by atoms with Gasteiger partial charge >= 0.3 is 0 Å². The number of benzene rings is 2. The van der Waals surface area contributed by atoms with E-state index in [0.29, 0.717) is 6.54 Å². The summed E-state index contributed by atoms with van der Waals surface area (Å²) in [4.78, 5) is 2.29. The lowest BCUT2D eigenvalue weighted by atomic mass is 10.1. The van der Waals surface area contributed by atoms with E-state index in [2.05, 4.69) is 48.3 Å². The summed E-state index contributed by atoms with van der Waals surface area (Å²) in [6, 6.07) is 16.7. The highest BCUT2D eigenvalue weighted by molar-refractivity contribution is 5.27. The summed E-state index contributed by atoms with van der Waals surface area (Å²) in [5.74, 6) is 0.897. The molecule has 0 fully saturated rings. The molecule has 0 unspecified atom stereocenters. The minimum atomic E-state index is 0.599. The van der Waals surface area contributed by atoms with Crippen LogP contribution in [0.25, 0.3) is 0 Å². The van der Waals surface area contributed by atoms with Gasteiger partial charge < -0.3 is 10.5 Å². The number of methoxy groups -OCH3 is 1. The Morgan fingerprint density at radius 1 is 0.850 bits per heavy atom. The van der Waals surface area contributed by atoms with Crippen molar-refractivity contribution >= 4 is 0 Å². The van der Waals surface area contributed by atoms with Crippen LogP contribution in [0.2, 0.25) is 0 Å². The number of hydrogen-bond acceptors (Lipinski definition) is 3. The molecule has 0 bridgehead atoms. The standard InChI is InChI=1S/C17H22N2O/c1-19(12-15-5-3-14(11-18)4-6-15)13-16-7-9-17(20-2)10-8-16/h3-10H,11-13,18H2,1-2H3. The molecule has 0 saturated carbocycles. The van der Waals surface area contributed by atoms with Gasteiger partial charge in [0.1, 0.15) is 5.75 Å².